The van der Waals surface area contributed by atoms with E-state index in [2.05, 4.69) is 15.2 Å². The molecule has 2 amide bonds. The Morgan fingerprint density at radius 1 is 1.35 bits per heavy atom. The lowest BCUT2D eigenvalue weighted by Crippen LogP contribution is -2.40. The molecule has 0 aromatic carbocycles. The van der Waals surface area contributed by atoms with E-state index in [1.807, 2.05) is 0 Å². The van der Waals surface area contributed by atoms with Gasteiger partial charge in [0.15, 0.2) is 5.82 Å². The van der Waals surface area contributed by atoms with Crippen LogP contribution in [0.4, 0.5) is 0 Å². The van der Waals surface area contributed by atoms with E-state index in [0.29, 0.717) is 37.7 Å². The second-order valence-electron chi connectivity index (χ2n) is 5.46. The lowest BCUT2D eigenvalue weighted by molar-refractivity contribution is -0.138. The van der Waals surface area contributed by atoms with E-state index < -0.39 is 0 Å². The van der Waals surface area contributed by atoms with Crippen LogP contribution >= 0.6 is 0 Å². The fourth-order valence-corrected chi connectivity index (χ4v) is 2.72. The Labute approximate surface area is 134 Å². The third-order valence-corrected chi connectivity index (χ3v) is 3.84. The summed E-state index contributed by atoms with van der Waals surface area (Å²) in [4.78, 5) is 32.0. The zero-order chi connectivity index (χ0) is 16.8. The molecule has 2 rings (SSSR count). The summed E-state index contributed by atoms with van der Waals surface area (Å²) in [7, 11) is 1.47. The topological polar surface area (TPSA) is 112 Å². The molecule has 1 unspecified atom stereocenters. The molecule has 1 aromatic rings. The zero-order valence-corrected chi connectivity index (χ0v) is 13.5. The number of carbonyl (C=O) groups excluding carboxylic acids is 2. The maximum atomic E-state index is 12.3. The number of H-pyrrole nitrogens is 1. The molecule has 23 heavy (non-hydrogen) atoms. The molecule has 1 aliphatic rings. The van der Waals surface area contributed by atoms with Crippen LogP contribution < -0.4 is 0 Å². The van der Waals surface area contributed by atoms with Crippen molar-refractivity contribution in [2.75, 3.05) is 40.0 Å². The number of rotatable bonds is 5. The Hall–Kier alpha value is -2.00. The van der Waals surface area contributed by atoms with E-state index in [1.165, 1.54) is 7.11 Å². The van der Waals surface area contributed by atoms with Gasteiger partial charge in [-0.3, -0.25) is 14.7 Å². The average molecular weight is 325 g/mol. The van der Waals surface area contributed by atoms with Gasteiger partial charge in [-0.25, -0.2) is 4.98 Å². The van der Waals surface area contributed by atoms with E-state index in [4.69, 9.17) is 9.84 Å². The maximum Gasteiger partial charge on any atom is 0.249 e. The average Bonchev–Trinajstić information content (AvgIpc) is 2.82. The number of carbonyl (C=O) groups is 2. The smallest absolute Gasteiger partial charge is 0.249 e. The van der Waals surface area contributed by atoms with Gasteiger partial charge in [-0.05, 0) is 13.3 Å². The number of ether oxygens (including phenoxy) is 1. The molecule has 1 saturated heterocycles. The highest BCUT2D eigenvalue weighted by Crippen LogP contribution is 2.25. The van der Waals surface area contributed by atoms with Gasteiger partial charge in [0.1, 0.15) is 12.4 Å². The van der Waals surface area contributed by atoms with Crippen LogP contribution in [0.5, 0.6) is 0 Å². The van der Waals surface area contributed by atoms with Crippen molar-refractivity contribution in [3.8, 4) is 0 Å². The summed E-state index contributed by atoms with van der Waals surface area (Å²) in [5.74, 6) is 0.954. The van der Waals surface area contributed by atoms with Crippen molar-refractivity contribution in [1.29, 1.82) is 0 Å². The molecular formula is C14H23N5O4. The van der Waals surface area contributed by atoms with Crippen LogP contribution in [-0.4, -0.2) is 81.9 Å². The number of aliphatic hydroxyl groups is 1. The minimum atomic E-state index is -0.297. The number of amides is 2. The molecule has 128 valence electrons. The first-order valence-corrected chi connectivity index (χ1v) is 7.62. The van der Waals surface area contributed by atoms with Crippen molar-refractivity contribution in [3.63, 3.8) is 0 Å². The monoisotopic (exact) mass is 325 g/mol. The highest BCUT2D eigenvalue weighted by molar-refractivity contribution is 5.79. The number of aliphatic hydroxyl groups excluding tert-OH is 1. The summed E-state index contributed by atoms with van der Waals surface area (Å²) >= 11 is 0. The Bertz CT molecular complexity index is 547. The van der Waals surface area contributed by atoms with Gasteiger partial charge in [0.05, 0.1) is 12.6 Å². The van der Waals surface area contributed by atoms with Gasteiger partial charge in [0, 0.05) is 33.2 Å². The molecule has 1 aromatic heterocycles. The highest BCUT2D eigenvalue weighted by Gasteiger charge is 2.32. The normalized spacial score (nSPS) is 18.8. The molecule has 1 atom stereocenters. The molecular weight excluding hydrogens is 302 g/mol. The molecule has 0 spiro atoms. The molecule has 9 nitrogen and oxygen atoms in total. The molecule has 1 fully saturated rings. The molecule has 1 aliphatic heterocycles. The second-order valence-corrected chi connectivity index (χ2v) is 5.46. The summed E-state index contributed by atoms with van der Waals surface area (Å²) in [6, 6.07) is -0.297. The molecule has 0 bridgehead atoms. The number of methoxy groups -OCH3 is 1. The molecule has 0 radical (unpaired) electrons. The first-order chi connectivity index (χ1) is 11.1. The van der Waals surface area contributed by atoms with Crippen molar-refractivity contribution in [1.82, 2.24) is 25.0 Å². The Morgan fingerprint density at radius 2 is 2.13 bits per heavy atom. The molecule has 9 heteroatoms. The van der Waals surface area contributed by atoms with Crippen LogP contribution in [-0.2, 0) is 14.3 Å². The van der Waals surface area contributed by atoms with Crippen LogP contribution in [0.3, 0.4) is 0 Å². The van der Waals surface area contributed by atoms with Crippen LogP contribution in [0, 0.1) is 6.92 Å². The number of hydrogen-bond donors (Lipinski definition) is 2. The Balaban J connectivity index is 2.18. The lowest BCUT2D eigenvalue weighted by Gasteiger charge is -2.27. The van der Waals surface area contributed by atoms with Crippen molar-refractivity contribution in [2.24, 2.45) is 0 Å². The predicted molar refractivity (Wildman–Crippen MR) is 80.3 cm³/mol. The minimum absolute atomic E-state index is 0.0233. The van der Waals surface area contributed by atoms with E-state index >= 15 is 0 Å². The van der Waals surface area contributed by atoms with Crippen molar-refractivity contribution >= 4 is 11.8 Å². The summed E-state index contributed by atoms with van der Waals surface area (Å²) in [5.41, 5.74) is 0. The number of aryl methyl sites for hydroxylation is 1. The highest BCUT2D eigenvalue weighted by atomic mass is 16.5. The Kier molecular flexibility index (Phi) is 6.05. The van der Waals surface area contributed by atoms with Gasteiger partial charge in [0.2, 0.25) is 11.8 Å². The number of nitrogens with one attached hydrogen (secondary N) is 1. The number of hydrogen-bond acceptors (Lipinski definition) is 6. The van der Waals surface area contributed by atoms with E-state index in [0.717, 1.165) is 0 Å². The van der Waals surface area contributed by atoms with Crippen molar-refractivity contribution in [2.45, 2.75) is 25.8 Å². The number of nitrogens with zero attached hydrogens (tertiary/aromatic N) is 4. The zero-order valence-electron chi connectivity index (χ0n) is 13.5. The molecule has 2 N–H and O–H groups in total. The largest absolute Gasteiger partial charge is 0.396 e. The van der Waals surface area contributed by atoms with Crippen LogP contribution in [0.1, 0.15) is 30.5 Å². The lowest BCUT2D eigenvalue weighted by atomic mass is 10.1. The summed E-state index contributed by atoms with van der Waals surface area (Å²) in [5, 5.41) is 15.9. The van der Waals surface area contributed by atoms with Gasteiger partial charge in [-0.2, -0.15) is 5.10 Å². The number of aromatic amines is 1. The van der Waals surface area contributed by atoms with E-state index in [9.17, 15) is 9.59 Å². The molecule has 0 aliphatic carbocycles. The van der Waals surface area contributed by atoms with Gasteiger partial charge in [-0.15, -0.1) is 0 Å². The van der Waals surface area contributed by atoms with Crippen LogP contribution in [0.2, 0.25) is 0 Å². The quantitative estimate of drug-likeness (QED) is 0.736. The fraction of sp³-hybridized carbons (Fsp3) is 0.714. The van der Waals surface area contributed by atoms with Gasteiger partial charge in [0.25, 0.3) is 0 Å². The third-order valence-electron chi connectivity index (χ3n) is 3.84. The Morgan fingerprint density at radius 3 is 2.74 bits per heavy atom. The summed E-state index contributed by atoms with van der Waals surface area (Å²) in [6.45, 7) is 2.90. The number of aromatic nitrogens is 3. The molecule has 0 saturated carbocycles. The predicted octanol–water partition coefficient (Wildman–Crippen LogP) is -0.756. The van der Waals surface area contributed by atoms with Gasteiger partial charge >= 0.3 is 0 Å². The first-order valence-electron chi connectivity index (χ1n) is 7.62. The van der Waals surface area contributed by atoms with Crippen LogP contribution in [0.25, 0.3) is 0 Å². The van der Waals surface area contributed by atoms with Gasteiger partial charge < -0.3 is 19.6 Å². The van der Waals surface area contributed by atoms with E-state index in [-0.39, 0.29) is 37.5 Å². The van der Waals surface area contributed by atoms with Crippen molar-refractivity contribution in [3.05, 3.63) is 11.6 Å². The standard InChI is InChI=1S/C14H23N5O4/c1-10-15-14(17-16-10)11-3-5-18(12(21)4-8-20)6-7-19(11)13(22)9-23-2/h11,20H,3-9H2,1-2H3,(H,15,16,17). The SMILES string of the molecule is COCC(=O)N1CCN(C(=O)CCO)CCC1c1n[nH]c(C)n1. The summed E-state index contributed by atoms with van der Waals surface area (Å²) in [6.07, 6.45) is 0.639. The van der Waals surface area contributed by atoms with Crippen LogP contribution in [0.15, 0.2) is 0 Å². The fourth-order valence-electron chi connectivity index (χ4n) is 2.72. The summed E-state index contributed by atoms with van der Waals surface area (Å²) < 4.78 is 4.95. The third kappa shape index (κ3) is 4.26. The van der Waals surface area contributed by atoms with Crippen molar-refractivity contribution < 1.29 is 19.4 Å². The first kappa shape index (κ1) is 17.4. The minimum Gasteiger partial charge on any atom is -0.396 e. The maximum absolute atomic E-state index is 12.3. The molecule has 2 heterocycles. The van der Waals surface area contributed by atoms with E-state index in [1.54, 1.807) is 16.7 Å². The van der Waals surface area contributed by atoms with Gasteiger partial charge in [-0.1, -0.05) is 0 Å². The second kappa shape index (κ2) is 8.02.